The van der Waals surface area contributed by atoms with E-state index in [1.807, 2.05) is 38.2 Å². The molecule has 0 aromatic carbocycles. The minimum absolute atomic E-state index is 0.492. The lowest BCUT2D eigenvalue weighted by Crippen LogP contribution is -2.08. The number of hydrogen-bond acceptors (Lipinski definition) is 7. The van der Waals surface area contributed by atoms with E-state index >= 15 is 0 Å². The summed E-state index contributed by atoms with van der Waals surface area (Å²) in [5.41, 5.74) is 2.90. The second-order valence-corrected chi connectivity index (χ2v) is 6.81. The van der Waals surface area contributed by atoms with Gasteiger partial charge in [-0.2, -0.15) is 4.98 Å². The molecule has 0 saturated heterocycles. The van der Waals surface area contributed by atoms with Crippen molar-refractivity contribution < 1.29 is 4.74 Å². The summed E-state index contributed by atoms with van der Waals surface area (Å²) in [6, 6.07) is 7.88. The molecule has 0 bridgehead atoms. The molecule has 0 radical (unpaired) electrons. The van der Waals surface area contributed by atoms with Gasteiger partial charge >= 0.3 is 0 Å². The fourth-order valence-electron chi connectivity index (χ4n) is 2.98. The predicted octanol–water partition coefficient (Wildman–Crippen LogP) is 3.07. The molecule has 2 unspecified atom stereocenters. The average Bonchev–Trinajstić information content (AvgIpc) is 3.46. The summed E-state index contributed by atoms with van der Waals surface area (Å²) >= 11 is 0. The molecule has 1 aliphatic carbocycles. The van der Waals surface area contributed by atoms with Crippen molar-refractivity contribution in [2.75, 3.05) is 11.9 Å². The van der Waals surface area contributed by atoms with Gasteiger partial charge in [-0.05, 0) is 32.4 Å². The summed E-state index contributed by atoms with van der Waals surface area (Å²) in [5.74, 6) is 2.96. The minimum atomic E-state index is 0.492. The van der Waals surface area contributed by atoms with E-state index in [1.54, 1.807) is 12.4 Å². The highest BCUT2D eigenvalue weighted by Gasteiger charge is 2.39. The Bertz CT molecular complexity index is 900. The molecule has 0 aliphatic heterocycles. The third kappa shape index (κ3) is 4.55. The van der Waals surface area contributed by atoms with Crippen LogP contribution in [0.5, 0.6) is 5.88 Å². The van der Waals surface area contributed by atoms with Crippen molar-refractivity contribution >= 4 is 5.82 Å². The maximum absolute atomic E-state index is 5.92. The molecule has 3 heterocycles. The summed E-state index contributed by atoms with van der Waals surface area (Å²) in [7, 11) is 0. The molecule has 4 rings (SSSR count). The van der Waals surface area contributed by atoms with Crippen LogP contribution in [0.1, 0.15) is 35.2 Å². The third-order valence-corrected chi connectivity index (χ3v) is 4.54. The maximum Gasteiger partial charge on any atom is 0.218 e. The average molecular weight is 362 g/mol. The highest BCUT2D eigenvalue weighted by molar-refractivity contribution is 5.38. The lowest BCUT2D eigenvalue weighted by atomic mass is 10.2. The van der Waals surface area contributed by atoms with Crippen LogP contribution in [0, 0.1) is 19.8 Å². The summed E-state index contributed by atoms with van der Waals surface area (Å²) in [6.07, 6.45) is 6.47. The second kappa shape index (κ2) is 7.65. The van der Waals surface area contributed by atoms with Gasteiger partial charge in [0.1, 0.15) is 11.6 Å². The van der Waals surface area contributed by atoms with Crippen molar-refractivity contribution in [3.63, 3.8) is 0 Å². The van der Waals surface area contributed by atoms with Gasteiger partial charge in [0.05, 0.1) is 30.7 Å². The quantitative estimate of drug-likeness (QED) is 0.691. The predicted molar refractivity (Wildman–Crippen MR) is 101 cm³/mol. The molecule has 3 aromatic rings. The van der Waals surface area contributed by atoms with Crippen molar-refractivity contribution in [1.29, 1.82) is 0 Å². The molecule has 2 atom stereocenters. The third-order valence-electron chi connectivity index (χ3n) is 4.54. The molecule has 0 spiro atoms. The van der Waals surface area contributed by atoms with Crippen molar-refractivity contribution in [1.82, 2.24) is 24.9 Å². The summed E-state index contributed by atoms with van der Waals surface area (Å²) in [6.45, 7) is 4.96. The highest BCUT2D eigenvalue weighted by Crippen LogP contribution is 2.46. The molecule has 1 fully saturated rings. The summed E-state index contributed by atoms with van der Waals surface area (Å²) < 4.78 is 5.92. The van der Waals surface area contributed by atoms with E-state index in [-0.39, 0.29) is 0 Å². The fourth-order valence-corrected chi connectivity index (χ4v) is 2.98. The topological polar surface area (TPSA) is 85.7 Å². The molecular formula is C20H22N6O. The van der Waals surface area contributed by atoms with Crippen LogP contribution in [0.3, 0.4) is 0 Å². The van der Waals surface area contributed by atoms with E-state index < -0.39 is 0 Å². The van der Waals surface area contributed by atoms with Crippen molar-refractivity contribution in [2.45, 2.75) is 32.7 Å². The van der Waals surface area contributed by atoms with Gasteiger partial charge in [-0.3, -0.25) is 15.0 Å². The van der Waals surface area contributed by atoms with Crippen molar-refractivity contribution in [3.05, 3.63) is 65.8 Å². The maximum atomic E-state index is 5.92. The zero-order valence-electron chi connectivity index (χ0n) is 15.5. The van der Waals surface area contributed by atoms with E-state index in [0.717, 1.165) is 29.3 Å². The highest BCUT2D eigenvalue weighted by atomic mass is 16.5. The molecule has 0 amide bonds. The van der Waals surface area contributed by atoms with Gasteiger partial charge in [-0.15, -0.1) is 0 Å². The Kier molecular flexibility index (Phi) is 4.91. The second-order valence-electron chi connectivity index (χ2n) is 6.81. The number of nitrogens with zero attached hydrogens (tertiary/aromatic N) is 5. The van der Waals surface area contributed by atoms with Crippen LogP contribution in [0.15, 0.2) is 42.9 Å². The molecule has 1 saturated carbocycles. The summed E-state index contributed by atoms with van der Waals surface area (Å²) in [4.78, 5) is 21.8. The van der Waals surface area contributed by atoms with Gasteiger partial charge in [0.25, 0.3) is 0 Å². The van der Waals surface area contributed by atoms with Crippen LogP contribution in [-0.4, -0.2) is 31.5 Å². The van der Waals surface area contributed by atoms with E-state index in [0.29, 0.717) is 36.7 Å². The molecule has 138 valence electrons. The first-order valence-electron chi connectivity index (χ1n) is 9.08. The Morgan fingerprint density at radius 2 is 2.04 bits per heavy atom. The van der Waals surface area contributed by atoms with E-state index in [1.165, 1.54) is 0 Å². The molecular weight excluding hydrogens is 340 g/mol. The monoisotopic (exact) mass is 362 g/mol. The van der Waals surface area contributed by atoms with Gasteiger partial charge in [-0.25, -0.2) is 4.98 Å². The Labute approximate surface area is 158 Å². The Morgan fingerprint density at radius 1 is 1.11 bits per heavy atom. The molecule has 7 heteroatoms. The largest absolute Gasteiger partial charge is 0.477 e. The standard InChI is InChI=1S/C20H22N6O/c1-13-9-23-16(10-22-13)11-24-19-8-20(26-14(2)25-19)27-12-15-7-17(15)18-5-3-4-6-21-18/h3-6,8-10,15,17H,7,11-12H2,1-2H3,(H,24,25,26). The van der Waals surface area contributed by atoms with E-state index in [4.69, 9.17) is 4.74 Å². The number of aromatic nitrogens is 5. The van der Waals surface area contributed by atoms with Gasteiger partial charge < -0.3 is 10.1 Å². The van der Waals surface area contributed by atoms with Crippen LogP contribution in [0.25, 0.3) is 0 Å². The number of pyridine rings is 1. The molecule has 1 N–H and O–H groups in total. The lowest BCUT2D eigenvalue weighted by molar-refractivity contribution is 0.284. The number of ether oxygens (including phenoxy) is 1. The SMILES string of the molecule is Cc1cnc(CNc2cc(OCC3CC3c3ccccn3)nc(C)n2)cn1. The first-order valence-corrected chi connectivity index (χ1v) is 9.08. The van der Waals surface area contributed by atoms with Crippen molar-refractivity contribution in [3.8, 4) is 5.88 Å². The number of hydrogen-bond donors (Lipinski definition) is 1. The van der Waals surface area contributed by atoms with Crippen LogP contribution >= 0.6 is 0 Å². The zero-order valence-corrected chi connectivity index (χ0v) is 15.5. The minimum Gasteiger partial charge on any atom is -0.477 e. The Morgan fingerprint density at radius 3 is 2.81 bits per heavy atom. The van der Waals surface area contributed by atoms with Gasteiger partial charge in [-0.1, -0.05) is 6.07 Å². The van der Waals surface area contributed by atoms with E-state index in [2.05, 4.69) is 36.3 Å². The normalized spacial score (nSPS) is 18.1. The molecule has 1 aliphatic rings. The molecule has 27 heavy (non-hydrogen) atoms. The van der Waals surface area contributed by atoms with Crippen LogP contribution in [0.2, 0.25) is 0 Å². The van der Waals surface area contributed by atoms with Crippen molar-refractivity contribution in [2.24, 2.45) is 5.92 Å². The fraction of sp³-hybridized carbons (Fsp3) is 0.350. The van der Waals surface area contributed by atoms with Crippen LogP contribution in [-0.2, 0) is 6.54 Å². The molecule has 7 nitrogen and oxygen atoms in total. The zero-order chi connectivity index (χ0) is 18.6. The number of rotatable bonds is 7. The van der Waals surface area contributed by atoms with E-state index in [9.17, 15) is 0 Å². The van der Waals surface area contributed by atoms with Gasteiger partial charge in [0.2, 0.25) is 5.88 Å². The summed E-state index contributed by atoms with van der Waals surface area (Å²) in [5, 5.41) is 3.26. The number of anilines is 1. The lowest BCUT2D eigenvalue weighted by Gasteiger charge is -2.09. The Hall–Kier alpha value is -3.09. The molecule has 3 aromatic heterocycles. The van der Waals surface area contributed by atoms with Gasteiger partial charge in [0.15, 0.2) is 0 Å². The number of nitrogens with one attached hydrogen (secondary N) is 1. The smallest absolute Gasteiger partial charge is 0.218 e. The van der Waals surface area contributed by atoms with Gasteiger partial charge in [0, 0.05) is 36.0 Å². The first-order chi connectivity index (χ1) is 13.2. The number of aryl methyl sites for hydroxylation is 2. The van der Waals surface area contributed by atoms with Crippen LogP contribution in [0.4, 0.5) is 5.82 Å². The first kappa shape index (κ1) is 17.3. The Balaban J connectivity index is 1.33. The van der Waals surface area contributed by atoms with Crippen LogP contribution < -0.4 is 10.1 Å².